The maximum Gasteiger partial charge on any atom is 0.508 e. The van der Waals surface area contributed by atoms with Gasteiger partial charge in [0.05, 0.1) is 13.2 Å². The van der Waals surface area contributed by atoms with E-state index >= 15 is 0 Å². The molecule has 2 aliphatic carbocycles. The molecule has 6 atom stereocenters. The zero-order chi connectivity index (χ0) is 15.8. The Bertz CT molecular complexity index is 466. The largest absolute Gasteiger partial charge is 0.508 e. The van der Waals surface area contributed by atoms with Gasteiger partial charge in [-0.25, -0.2) is 9.59 Å². The molecule has 3 fully saturated rings. The second-order valence-electron chi connectivity index (χ2n) is 6.15. The molecular weight excluding hydrogens is 308 g/mol. The molecule has 2 aliphatic heterocycles. The lowest BCUT2D eigenvalue weighted by atomic mass is 10.0. The van der Waals surface area contributed by atoms with E-state index in [0.29, 0.717) is 13.2 Å². The van der Waals surface area contributed by atoms with Crippen molar-refractivity contribution in [3.05, 3.63) is 12.2 Å². The lowest BCUT2D eigenvalue weighted by molar-refractivity contribution is -0.0605. The summed E-state index contributed by atoms with van der Waals surface area (Å²) in [5, 5.41) is 0. The fourth-order valence-corrected chi connectivity index (χ4v) is 2.98. The van der Waals surface area contributed by atoms with Gasteiger partial charge in [-0.3, -0.25) is 0 Å². The van der Waals surface area contributed by atoms with Gasteiger partial charge in [-0.15, -0.1) is 0 Å². The summed E-state index contributed by atoms with van der Waals surface area (Å²) in [7, 11) is 0. The first-order valence-corrected chi connectivity index (χ1v) is 7.77. The van der Waals surface area contributed by atoms with E-state index < -0.39 is 24.5 Å². The molecule has 0 aromatic carbocycles. The monoisotopic (exact) mass is 326 g/mol. The second kappa shape index (κ2) is 6.01. The standard InChI is InChI=1S/C15H18O8/c16-14(20-6-10-4-18-10)22-12-8-1-2-9(3-8)13(12)23-15(17)21-7-11-5-19-11/h1-2,8-13H,3-7H2. The van der Waals surface area contributed by atoms with Gasteiger partial charge in [0, 0.05) is 11.8 Å². The van der Waals surface area contributed by atoms with Crippen LogP contribution in [0.15, 0.2) is 12.2 Å². The molecule has 2 bridgehead atoms. The first-order chi connectivity index (χ1) is 11.2. The van der Waals surface area contributed by atoms with Gasteiger partial charge in [-0.05, 0) is 6.42 Å². The summed E-state index contributed by atoms with van der Waals surface area (Å²) < 4.78 is 30.6. The second-order valence-corrected chi connectivity index (χ2v) is 6.15. The Labute approximate surface area is 132 Å². The smallest absolute Gasteiger partial charge is 0.431 e. The fourth-order valence-electron chi connectivity index (χ4n) is 2.98. The van der Waals surface area contributed by atoms with Gasteiger partial charge in [0.15, 0.2) is 0 Å². The average molecular weight is 326 g/mol. The van der Waals surface area contributed by atoms with Crippen LogP contribution in [0.1, 0.15) is 6.42 Å². The van der Waals surface area contributed by atoms with E-state index in [4.69, 9.17) is 28.4 Å². The Morgan fingerprint density at radius 2 is 1.30 bits per heavy atom. The predicted molar refractivity (Wildman–Crippen MR) is 72.7 cm³/mol. The highest BCUT2D eigenvalue weighted by molar-refractivity contribution is 5.62. The van der Waals surface area contributed by atoms with Crippen molar-refractivity contribution >= 4 is 12.3 Å². The highest BCUT2D eigenvalue weighted by Gasteiger charge is 2.50. The molecule has 0 spiro atoms. The maximum atomic E-state index is 11.7. The highest BCUT2D eigenvalue weighted by atomic mass is 16.8. The molecule has 8 heteroatoms. The average Bonchev–Trinajstić information content (AvgIpc) is 3.45. The van der Waals surface area contributed by atoms with Crippen LogP contribution in [0.5, 0.6) is 0 Å². The van der Waals surface area contributed by atoms with Gasteiger partial charge in [0.2, 0.25) is 0 Å². The molecule has 2 heterocycles. The van der Waals surface area contributed by atoms with Crippen molar-refractivity contribution < 1.29 is 38.0 Å². The number of carbonyl (C=O) groups is 2. The van der Waals surface area contributed by atoms with E-state index in [0.717, 1.165) is 6.42 Å². The summed E-state index contributed by atoms with van der Waals surface area (Å²) in [6, 6.07) is 0. The van der Waals surface area contributed by atoms with E-state index in [9.17, 15) is 9.59 Å². The third-order valence-corrected chi connectivity index (χ3v) is 4.36. The van der Waals surface area contributed by atoms with Crippen LogP contribution in [0.2, 0.25) is 0 Å². The first-order valence-electron chi connectivity index (χ1n) is 7.77. The van der Waals surface area contributed by atoms with Gasteiger partial charge < -0.3 is 28.4 Å². The first kappa shape index (κ1) is 14.8. The summed E-state index contributed by atoms with van der Waals surface area (Å²) in [6.45, 7) is 1.58. The molecule has 8 nitrogen and oxygen atoms in total. The number of hydrogen-bond acceptors (Lipinski definition) is 8. The van der Waals surface area contributed by atoms with Gasteiger partial charge in [-0.1, -0.05) is 12.2 Å². The number of epoxide rings is 2. The number of rotatable bonds is 6. The summed E-state index contributed by atoms with van der Waals surface area (Å²) in [5.41, 5.74) is 0. The minimum atomic E-state index is -0.764. The summed E-state index contributed by atoms with van der Waals surface area (Å²) in [5.74, 6) is 0.0728. The molecule has 0 amide bonds. The zero-order valence-electron chi connectivity index (χ0n) is 12.4. The third kappa shape index (κ3) is 3.59. The SMILES string of the molecule is O=C(OCC1CO1)OC1C2C=CC(C2)C1OC(=O)OCC1CO1. The Balaban J connectivity index is 1.29. The number of ether oxygens (including phenoxy) is 6. The van der Waals surface area contributed by atoms with E-state index in [1.807, 2.05) is 12.2 Å². The summed E-state index contributed by atoms with van der Waals surface area (Å²) >= 11 is 0. The van der Waals surface area contributed by atoms with Gasteiger partial charge in [-0.2, -0.15) is 0 Å². The van der Waals surface area contributed by atoms with Crippen LogP contribution < -0.4 is 0 Å². The van der Waals surface area contributed by atoms with Crippen LogP contribution in [0.3, 0.4) is 0 Å². The molecule has 2 saturated heterocycles. The molecule has 0 aromatic rings. The van der Waals surface area contributed by atoms with Crippen molar-refractivity contribution in [3.63, 3.8) is 0 Å². The normalized spacial score (nSPS) is 39.0. The Hall–Kier alpha value is -1.80. The molecule has 0 aromatic heterocycles. The van der Waals surface area contributed by atoms with Gasteiger partial charge in [0.25, 0.3) is 0 Å². The Kier molecular flexibility index (Phi) is 3.86. The summed E-state index contributed by atoms with van der Waals surface area (Å²) in [4.78, 5) is 23.5. The number of fused-ring (bicyclic) bond motifs is 2. The predicted octanol–water partition coefficient (Wildman–Crippen LogP) is 1.03. The Morgan fingerprint density at radius 3 is 1.70 bits per heavy atom. The lowest BCUT2D eigenvalue weighted by Gasteiger charge is -2.26. The Morgan fingerprint density at radius 1 is 0.870 bits per heavy atom. The van der Waals surface area contributed by atoms with Gasteiger partial charge >= 0.3 is 12.3 Å². The van der Waals surface area contributed by atoms with Crippen LogP contribution in [-0.4, -0.2) is 63.2 Å². The van der Waals surface area contributed by atoms with Crippen LogP contribution in [0, 0.1) is 11.8 Å². The molecule has 0 N–H and O–H groups in total. The molecule has 23 heavy (non-hydrogen) atoms. The van der Waals surface area contributed by atoms with Crippen molar-refractivity contribution in [2.75, 3.05) is 26.4 Å². The maximum absolute atomic E-state index is 11.7. The van der Waals surface area contributed by atoms with E-state index in [1.54, 1.807) is 0 Å². The van der Waals surface area contributed by atoms with Crippen LogP contribution in [0.25, 0.3) is 0 Å². The van der Waals surface area contributed by atoms with E-state index in [2.05, 4.69) is 0 Å². The van der Waals surface area contributed by atoms with Crippen LogP contribution >= 0.6 is 0 Å². The van der Waals surface area contributed by atoms with Crippen LogP contribution in [-0.2, 0) is 28.4 Å². The highest BCUT2D eigenvalue weighted by Crippen LogP contribution is 2.43. The minimum absolute atomic E-state index is 0.0193. The zero-order valence-corrected chi connectivity index (χ0v) is 12.4. The minimum Gasteiger partial charge on any atom is -0.431 e. The van der Waals surface area contributed by atoms with Crippen molar-refractivity contribution in [1.82, 2.24) is 0 Å². The molecular formula is C15H18O8. The van der Waals surface area contributed by atoms with Crippen molar-refractivity contribution in [2.45, 2.75) is 30.8 Å². The summed E-state index contributed by atoms with van der Waals surface area (Å²) in [6.07, 6.45) is 2.10. The van der Waals surface area contributed by atoms with Crippen molar-refractivity contribution in [3.8, 4) is 0 Å². The lowest BCUT2D eigenvalue weighted by Crippen LogP contribution is -2.38. The van der Waals surface area contributed by atoms with Crippen molar-refractivity contribution in [2.24, 2.45) is 11.8 Å². The number of carbonyl (C=O) groups excluding carboxylic acids is 2. The van der Waals surface area contributed by atoms with E-state index in [1.165, 1.54) is 0 Å². The molecule has 4 rings (SSSR count). The van der Waals surface area contributed by atoms with E-state index in [-0.39, 0.29) is 37.3 Å². The molecule has 6 unspecified atom stereocenters. The molecule has 0 radical (unpaired) electrons. The van der Waals surface area contributed by atoms with Gasteiger partial charge in [0.1, 0.15) is 37.6 Å². The fraction of sp³-hybridized carbons (Fsp3) is 0.733. The topological polar surface area (TPSA) is 96.1 Å². The third-order valence-electron chi connectivity index (χ3n) is 4.36. The van der Waals surface area contributed by atoms with Crippen LogP contribution in [0.4, 0.5) is 9.59 Å². The molecule has 1 saturated carbocycles. The quantitative estimate of drug-likeness (QED) is 0.406. The molecule has 126 valence electrons. The van der Waals surface area contributed by atoms with Crippen molar-refractivity contribution in [1.29, 1.82) is 0 Å². The number of hydrogen-bond donors (Lipinski definition) is 0. The molecule has 4 aliphatic rings.